The lowest BCUT2D eigenvalue weighted by atomic mass is 10.1. The summed E-state index contributed by atoms with van der Waals surface area (Å²) in [5, 5.41) is 0. The molecule has 2 aliphatic heterocycles. The second-order valence-corrected chi connectivity index (χ2v) is 5.00. The molecule has 1 saturated heterocycles. The maximum Gasteiger partial charge on any atom is 0.254 e. The minimum Gasteiger partial charge on any atom is -0.486 e. The Labute approximate surface area is 112 Å². The Balaban J connectivity index is 1.77. The fourth-order valence-electron chi connectivity index (χ4n) is 2.57. The van der Waals surface area contributed by atoms with Gasteiger partial charge >= 0.3 is 0 Å². The van der Waals surface area contributed by atoms with Gasteiger partial charge in [0.1, 0.15) is 13.2 Å². The molecule has 0 radical (unpaired) electrons. The Morgan fingerprint density at radius 1 is 1.32 bits per heavy atom. The highest BCUT2D eigenvalue weighted by molar-refractivity contribution is 5.95. The number of amides is 1. The predicted molar refractivity (Wildman–Crippen MR) is 70.5 cm³/mol. The molecule has 1 unspecified atom stereocenters. The van der Waals surface area contributed by atoms with Crippen LogP contribution in [0.3, 0.4) is 0 Å². The standard InChI is InChI=1S/C14H18N2O3/c15-8-10-3-4-16(9-10)14(17)11-1-2-12-13(7-11)19-6-5-18-12/h1-2,7,10H,3-6,8-9,15H2. The average Bonchev–Trinajstić information content (AvgIpc) is 2.95. The Hall–Kier alpha value is -1.75. The van der Waals surface area contributed by atoms with E-state index in [1.54, 1.807) is 18.2 Å². The van der Waals surface area contributed by atoms with Crippen molar-refractivity contribution in [3.63, 3.8) is 0 Å². The van der Waals surface area contributed by atoms with Crippen molar-refractivity contribution in [3.05, 3.63) is 23.8 Å². The van der Waals surface area contributed by atoms with E-state index in [9.17, 15) is 4.79 Å². The normalized spacial score (nSPS) is 21.5. The van der Waals surface area contributed by atoms with Crippen LogP contribution in [0.4, 0.5) is 0 Å². The van der Waals surface area contributed by atoms with E-state index >= 15 is 0 Å². The smallest absolute Gasteiger partial charge is 0.254 e. The van der Waals surface area contributed by atoms with Crippen molar-refractivity contribution >= 4 is 5.91 Å². The predicted octanol–water partition coefficient (Wildman–Crippen LogP) is 0.879. The van der Waals surface area contributed by atoms with Gasteiger partial charge in [-0.2, -0.15) is 0 Å². The second kappa shape index (κ2) is 5.09. The molecule has 0 aromatic heterocycles. The molecule has 1 aromatic carbocycles. The maximum atomic E-state index is 12.4. The minimum absolute atomic E-state index is 0.0490. The van der Waals surface area contributed by atoms with Crippen LogP contribution in [0.2, 0.25) is 0 Å². The topological polar surface area (TPSA) is 64.8 Å². The summed E-state index contributed by atoms with van der Waals surface area (Å²) >= 11 is 0. The van der Waals surface area contributed by atoms with Gasteiger partial charge in [0.25, 0.3) is 5.91 Å². The van der Waals surface area contributed by atoms with E-state index in [2.05, 4.69) is 0 Å². The number of likely N-dealkylation sites (tertiary alicyclic amines) is 1. The van der Waals surface area contributed by atoms with Crippen LogP contribution in [-0.2, 0) is 0 Å². The molecular weight excluding hydrogens is 244 g/mol. The first-order valence-corrected chi connectivity index (χ1v) is 6.67. The van der Waals surface area contributed by atoms with E-state index < -0.39 is 0 Å². The van der Waals surface area contributed by atoms with Gasteiger partial charge in [-0.05, 0) is 37.1 Å². The van der Waals surface area contributed by atoms with Gasteiger partial charge in [0.2, 0.25) is 0 Å². The third-order valence-electron chi connectivity index (χ3n) is 3.70. The molecule has 1 amide bonds. The fraction of sp³-hybridized carbons (Fsp3) is 0.500. The molecule has 5 heteroatoms. The van der Waals surface area contributed by atoms with Crippen molar-refractivity contribution in [2.75, 3.05) is 32.8 Å². The van der Waals surface area contributed by atoms with E-state index in [4.69, 9.17) is 15.2 Å². The SMILES string of the molecule is NCC1CCN(C(=O)c2ccc3c(c2)OCCO3)C1. The lowest BCUT2D eigenvalue weighted by molar-refractivity contribution is 0.0786. The summed E-state index contributed by atoms with van der Waals surface area (Å²) in [6.45, 7) is 3.28. The van der Waals surface area contributed by atoms with E-state index in [1.807, 2.05) is 4.90 Å². The lowest BCUT2D eigenvalue weighted by Gasteiger charge is -2.20. The van der Waals surface area contributed by atoms with Gasteiger partial charge in [0, 0.05) is 18.7 Å². The van der Waals surface area contributed by atoms with Crippen molar-refractivity contribution < 1.29 is 14.3 Å². The van der Waals surface area contributed by atoms with Gasteiger partial charge in [0.15, 0.2) is 11.5 Å². The highest BCUT2D eigenvalue weighted by atomic mass is 16.6. The van der Waals surface area contributed by atoms with Crippen LogP contribution in [-0.4, -0.2) is 43.7 Å². The zero-order valence-electron chi connectivity index (χ0n) is 10.8. The molecule has 0 aliphatic carbocycles. The summed E-state index contributed by atoms with van der Waals surface area (Å²) in [6.07, 6.45) is 0.993. The van der Waals surface area contributed by atoms with Crippen molar-refractivity contribution in [1.29, 1.82) is 0 Å². The maximum absolute atomic E-state index is 12.4. The van der Waals surface area contributed by atoms with Gasteiger partial charge in [-0.1, -0.05) is 0 Å². The molecule has 0 spiro atoms. The molecular formula is C14H18N2O3. The molecule has 2 aliphatic rings. The van der Waals surface area contributed by atoms with Crippen LogP contribution in [0.5, 0.6) is 11.5 Å². The van der Waals surface area contributed by atoms with Gasteiger partial charge < -0.3 is 20.1 Å². The molecule has 1 aromatic rings. The number of hydrogen-bond donors (Lipinski definition) is 1. The summed E-state index contributed by atoms with van der Waals surface area (Å²) < 4.78 is 11.0. The zero-order valence-corrected chi connectivity index (χ0v) is 10.8. The summed E-state index contributed by atoms with van der Waals surface area (Å²) in [5.74, 6) is 1.85. The average molecular weight is 262 g/mol. The molecule has 0 bridgehead atoms. The molecule has 2 heterocycles. The highest BCUT2D eigenvalue weighted by Gasteiger charge is 2.26. The van der Waals surface area contributed by atoms with Crippen molar-refractivity contribution in [2.24, 2.45) is 11.7 Å². The number of hydrogen-bond acceptors (Lipinski definition) is 4. The second-order valence-electron chi connectivity index (χ2n) is 5.00. The first-order valence-electron chi connectivity index (χ1n) is 6.67. The van der Waals surface area contributed by atoms with E-state index in [0.717, 1.165) is 19.5 Å². The summed E-state index contributed by atoms with van der Waals surface area (Å²) in [6, 6.07) is 5.37. The van der Waals surface area contributed by atoms with Gasteiger partial charge in [-0.3, -0.25) is 4.79 Å². The first-order chi connectivity index (χ1) is 9.28. The van der Waals surface area contributed by atoms with Crippen LogP contribution in [0.15, 0.2) is 18.2 Å². The molecule has 0 saturated carbocycles. The summed E-state index contributed by atoms with van der Waals surface area (Å²) in [5.41, 5.74) is 6.31. The number of fused-ring (bicyclic) bond motifs is 1. The number of nitrogens with two attached hydrogens (primary N) is 1. The highest BCUT2D eigenvalue weighted by Crippen LogP contribution is 2.31. The van der Waals surface area contributed by atoms with Crippen LogP contribution >= 0.6 is 0 Å². The Bertz CT molecular complexity index is 490. The third kappa shape index (κ3) is 2.38. The van der Waals surface area contributed by atoms with E-state index in [-0.39, 0.29) is 5.91 Å². The number of rotatable bonds is 2. The largest absolute Gasteiger partial charge is 0.486 e. The zero-order chi connectivity index (χ0) is 13.2. The van der Waals surface area contributed by atoms with Crippen LogP contribution in [0.1, 0.15) is 16.8 Å². The number of carbonyl (C=O) groups is 1. The Morgan fingerprint density at radius 2 is 2.11 bits per heavy atom. The Kier molecular flexibility index (Phi) is 3.29. The number of benzene rings is 1. The third-order valence-corrected chi connectivity index (χ3v) is 3.70. The molecule has 3 rings (SSSR count). The monoisotopic (exact) mass is 262 g/mol. The molecule has 5 nitrogen and oxygen atoms in total. The Morgan fingerprint density at radius 3 is 2.84 bits per heavy atom. The molecule has 102 valence electrons. The minimum atomic E-state index is 0.0490. The van der Waals surface area contributed by atoms with Crippen LogP contribution in [0, 0.1) is 5.92 Å². The van der Waals surface area contributed by atoms with Gasteiger partial charge in [-0.15, -0.1) is 0 Å². The van der Waals surface area contributed by atoms with Gasteiger partial charge in [0.05, 0.1) is 0 Å². The van der Waals surface area contributed by atoms with Crippen LogP contribution < -0.4 is 15.2 Å². The van der Waals surface area contributed by atoms with Crippen LogP contribution in [0.25, 0.3) is 0 Å². The van der Waals surface area contributed by atoms with Gasteiger partial charge in [-0.25, -0.2) is 0 Å². The van der Waals surface area contributed by atoms with E-state index in [1.165, 1.54) is 0 Å². The van der Waals surface area contributed by atoms with Crippen molar-refractivity contribution in [2.45, 2.75) is 6.42 Å². The summed E-state index contributed by atoms with van der Waals surface area (Å²) in [7, 11) is 0. The lowest BCUT2D eigenvalue weighted by Crippen LogP contribution is -2.30. The van der Waals surface area contributed by atoms with Crippen molar-refractivity contribution in [1.82, 2.24) is 4.90 Å². The summed E-state index contributed by atoms with van der Waals surface area (Å²) in [4.78, 5) is 14.2. The fourth-order valence-corrected chi connectivity index (χ4v) is 2.57. The molecule has 2 N–H and O–H groups in total. The number of nitrogens with zero attached hydrogens (tertiary/aromatic N) is 1. The molecule has 19 heavy (non-hydrogen) atoms. The first kappa shape index (κ1) is 12.3. The number of ether oxygens (including phenoxy) is 2. The molecule has 1 atom stereocenters. The quantitative estimate of drug-likeness (QED) is 0.859. The van der Waals surface area contributed by atoms with E-state index in [0.29, 0.717) is 42.7 Å². The van der Waals surface area contributed by atoms with Crippen molar-refractivity contribution in [3.8, 4) is 11.5 Å². The number of carbonyl (C=O) groups excluding carboxylic acids is 1. The molecule has 1 fully saturated rings.